The van der Waals surface area contributed by atoms with E-state index in [2.05, 4.69) is 15.0 Å². The van der Waals surface area contributed by atoms with Gasteiger partial charge in [-0.15, -0.1) is 0 Å². The largest absolute Gasteiger partial charge is 0.481 e. The maximum atomic E-state index is 11.2. The molecule has 0 aliphatic rings. The highest BCUT2D eigenvalue weighted by Crippen LogP contribution is 2.25. The van der Waals surface area contributed by atoms with Crippen molar-refractivity contribution in [3.05, 3.63) is 29.6 Å². The molecule has 0 saturated heterocycles. The first-order valence-corrected chi connectivity index (χ1v) is 5.89. The lowest BCUT2D eigenvalue weighted by molar-refractivity contribution is 0.0687. The van der Waals surface area contributed by atoms with Gasteiger partial charge in [0.1, 0.15) is 0 Å². The van der Waals surface area contributed by atoms with Gasteiger partial charge in [0.05, 0.1) is 20.3 Å². The number of carbonyl (C=O) groups is 1. The van der Waals surface area contributed by atoms with E-state index in [-0.39, 0.29) is 29.2 Å². The van der Waals surface area contributed by atoms with E-state index in [0.29, 0.717) is 5.69 Å². The number of pyridine rings is 1. The van der Waals surface area contributed by atoms with Crippen LogP contribution in [0.15, 0.2) is 18.2 Å². The Labute approximate surface area is 120 Å². The van der Waals surface area contributed by atoms with E-state index in [4.69, 9.17) is 19.3 Å². The summed E-state index contributed by atoms with van der Waals surface area (Å²) in [6, 6.07) is 4.48. The predicted molar refractivity (Wildman–Crippen MR) is 71.1 cm³/mol. The Kier molecular flexibility index (Phi) is 4.17. The van der Waals surface area contributed by atoms with Gasteiger partial charge in [-0.05, 0) is 19.1 Å². The van der Waals surface area contributed by atoms with Crippen LogP contribution in [0.4, 0.5) is 0 Å². The fourth-order valence-electron chi connectivity index (χ4n) is 1.52. The molecule has 2 heterocycles. The molecule has 0 aromatic carbocycles. The number of carboxylic acids is 1. The smallest absolute Gasteiger partial charge is 0.358 e. The number of ether oxygens (including phenoxy) is 3. The predicted octanol–water partition coefficient (Wildman–Crippen LogP) is 1.69. The van der Waals surface area contributed by atoms with Crippen LogP contribution >= 0.6 is 0 Å². The molecule has 8 nitrogen and oxygen atoms in total. The van der Waals surface area contributed by atoms with Crippen molar-refractivity contribution in [2.75, 3.05) is 14.2 Å². The van der Waals surface area contributed by atoms with Gasteiger partial charge in [-0.3, -0.25) is 0 Å². The van der Waals surface area contributed by atoms with Gasteiger partial charge >= 0.3 is 12.0 Å². The molecule has 0 fully saturated rings. The molecule has 1 N–H and O–H groups in total. The zero-order valence-corrected chi connectivity index (χ0v) is 11.7. The number of methoxy groups -OCH3 is 2. The van der Waals surface area contributed by atoms with Crippen molar-refractivity contribution in [3.63, 3.8) is 0 Å². The molecule has 0 amide bonds. The summed E-state index contributed by atoms with van der Waals surface area (Å²) in [4.78, 5) is 23.0. The monoisotopic (exact) mass is 291 g/mol. The quantitative estimate of drug-likeness (QED) is 0.887. The molecule has 8 heteroatoms. The third-order valence-electron chi connectivity index (χ3n) is 2.48. The molecule has 0 spiro atoms. The first-order chi connectivity index (χ1) is 10.0. The minimum Gasteiger partial charge on any atom is -0.481 e. The van der Waals surface area contributed by atoms with Crippen molar-refractivity contribution in [1.82, 2.24) is 15.0 Å². The number of hydrogen-bond donors (Lipinski definition) is 1. The lowest BCUT2D eigenvalue weighted by atomic mass is 10.3. The first kappa shape index (κ1) is 14.5. The molecule has 2 rings (SSSR count). The van der Waals surface area contributed by atoms with Crippen molar-refractivity contribution in [2.45, 2.75) is 6.92 Å². The van der Waals surface area contributed by atoms with Crippen LogP contribution in [0, 0.1) is 6.92 Å². The Morgan fingerprint density at radius 3 is 2.24 bits per heavy atom. The average Bonchev–Trinajstić information content (AvgIpc) is 2.48. The lowest BCUT2D eigenvalue weighted by Gasteiger charge is -2.09. The number of aromatic nitrogens is 3. The molecule has 0 bridgehead atoms. The molecular weight excluding hydrogens is 278 g/mol. The van der Waals surface area contributed by atoms with Gasteiger partial charge in [-0.2, -0.15) is 9.97 Å². The van der Waals surface area contributed by atoms with E-state index < -0.39 is 5.97 Å². The summed E-state index contributed by atoms with van der Waals surface area (Å²) < 4.78 is 15.4. The number of aromatic carboxylic acids is 1. The summed E-state index contributed by atoms with van der Waals surface area (Å²) in [6.45, 7) is 1.68. The summed E-state index contributed by atoms with van der Waals surface area (Å²) in [5, 5.41) is 9.14. The van der Waals surface area contributed by atoms with Crippen LogP contribution in [-0.4, -0.2) is 40.2 Å². The summed E-state index contributed by atoms with van der Waals surface area (Å²) >= 11 is 0. The fraction of sp³-hybridized carbons (Fsp3) is 0.231. The third-order valence-corrected chi connectivity index (χ3v) is 2.48. The highest BCUT2D eigenvalue weighted by Gasteiger charge is 2.16. The minimum absolute atomic E-state index is 0.0309. The first-order valence-electron chi connectivity index (χ1n) is 5.89. The van der Waals surface area contributed by atoms with Gasteiger partial charge in [-0.25, -0.2) is 9.78 Å². The summed E-state index contributed by atoms with van der Waals surface area (Å²) in [5.74, 6) is -0.713. The standard InChI is InChI=1S/C13H13N3O5/c1-7-4-5-8(11(14-7)12(17)18)21-13-15-9(19-2)6-10(16-13)20-3/h4-6H,1-3H3,(H,17,18). The Bertz CT molecular complexity index is 653. The molecule has 0 aliphatic heterocycles. The number of rotatable bonds is 5. The van der Waals surface area contributed by atoms with E-state index in [9.17, 15) is 4.79 Å². The molecule has 110 valence electrons. The second-order valence-corrected chi connectivity index (χ2v) is 3.94. The van der Waals surface area contributed by atoms with Crippen molar-refractivity contribution in [2.24, 2.45) is 0 Å². The van der Waals surface area contributed by atoms with Crippen molar-refractivity contribution in [1.29, 1.82) is 0 Å². The second-order valence-electron chi connectivity index (χ2n) is 3.94. The summed E-state index contributed by atoms with van der Waals surface area (Å²) in [5.41, 5.74) is 0.337. The number of aryl methyl sites for hydroxylation is 1. The summed E-state index contributed by atoms with van der Waals surface area (Å²) in [6.07, 6.45) is 0. The molecule has 0 unspecified atom stereocenters. The van der Waals surface area contributed by atoms with Gasteiger partial charge in [-0.1, -0.05) is 0 Å². The van der Waals surface area contributed by atoms with Crippen molar-refractivity contribution < 1.29 is 24.1 Å². The maximum absolute atomic E-state index is 11.2. The molecule has 0 radical (unpaired) electrons. The molecule has 21 heavy (non-hydrogen) atoms. The third kappa shape index (κ3) is 3.35. The van der Waals surface area contributed by atoms with E-state index in [1.807, 2.05) is 0 Å². The van der Waals surface area contributed by atoms with Crippen LogP contribution in [0.3, 0.4) is 0 Å². The maximum Gasteiger partial charge on any atom is 0.358 e. The average molecular weight is 291 g/mol. The Morgan fingerprint density at radius 2 is 1.71 bits per heavy atom. The Hall–Kier alpha value is -2.90. The fourth-order valence-corrected chi connectivity index (χ4v) is 1.52. The van der Waals surface area contributed by atoms with Crippen LogP contribution in [0.1, 0.15) is 16.2 Å². The SMILES string of the molecule is COc1cc(OC)nc(Oc2ccc(C)nc2C(=O)O)n1. The van der Waals surface area contributed by atoms with E-state index in [0.717, 1.165) is 0 Å². The Balaban J connectivity index is 2.40. The molecule has 2 aromatic rings. The topological polar surface area (TPSA) is 104 Å². The van der Waals surface area contributed by atoms with Gasteiger partial charge in [0.15, 0.2) is 11.4 Å². The van der Waals surface area contributed by atoms with Crippen LogP contribution in [0.25, 0.3) is 0 Å². The zero-order chi connectivity index (χ0) is 15.4. The van der Waals surface area contributed by atoms with Crippen LogP contribution in [0.5, 0.6) is 23.5 Å². The molecule has 0 aliphatic carbocycles. The minimum atomic E-state index is -1.21. The highest BCUT2D eigenvalue weighted by molar-refractivity contribution is 5.88. The van der Waals surface area contributed by atoms with Crippen molar-refractivity contribution in [3.8, 4) is 23.5 Å². The molecule has 0 atom stereocenters. The van der Waals surface area contributed by atoms with E-state index >= 15 is 0 Å². The van der Waals surface area contributed by atoms with Gasteiger partial charge in [0.25, 0.3) is 0 Å². The van der Waals surface area contributed by atoms with Crippen molar-refractivity contribution >= 4 is 5.97 Å². The highest BCUT2D eigenvalue weighted by atomic mass is 16.5. The molecule has 0 saturated carbocycles. The Morgan fingerprint density at radius 1 is 1.10 bits per heavy atom. The summed E-state index contributed by atoms with van der Waals surface area (Å²) in [7, 11) is 2.86. The number of nitrogens with zero attached hydrogens (tertiary/aromatic N) is 3. The molecule has 2 aromatic heterocycles. The number of hydrogen-bond acceptors (Lipinski definition) is 7. The van der Waals surface area contributed by atoms with Crippen LogP contribution in [-0.2, 0) is 0 Å². The normalized spacial score (nSPS) is 10.0. The van der Waals surface area contributed by atoms with E-state index in [1.165, 1.54) is 26.4 Å². The van der Waals surface area contributed by atoms with Gasteiger partial charge in [0, 0.05) is 5.69 Å². The van der Waals surface area contributed by atoms with E-state index in [1.54, 1.807) is 13.0 Å². The van der Waals surface area contributed by atoms with Crippen LogP contribution in [0.2, 0.25) is 0 Å². The second kappa shape index (κ2) is 6.04. The van der Waals surface area contributed by atoms with Gasteiger partial charge < -0.3 is 19.3 Å². The lowest BCUT2D eigenvalue weighted by Crippen LogP contribution is -2.06. The molecular formula is C13H13N3O5. The zero-order valence-electron chi connectivity index (χ0n) is 11.7. The van der Waals surface area contributed by atoms with Crippen LogP contribution < -0.4 is 14.2 Å². The van der Waals surface area contributed by atoms with Gasteiger partial charge in [0.2, 0.25) is 11.8 Å². The number of carboxylic acid groups (broad SMARTS) is 1.